The number of aryl methyl sites for hydroxylation is 2. The van der Waals surface area contributed by atoms with Crippen molar-refractivity contribution in [2.24, 2.45) is 0 Å². The van der Waals surface area contributed by atoms with Gasteiger partial charge >= 0.3 is 0 Å². The van der Waals surface area contributed by atoms with E-state index in [0.717, 1.165) is 14.9 Å². The van der Waals surface area contributed by atoms with Crippen LogP contribution in [0.4, 0.5) is 0 Å². The SMILES string of the molecule is Cc1cnc(C(C)NC(=O)c2cccc(C)c2I)o1. The lowest BCUT2D eigenvalue weighted by Gasteiger charge is -2.12. The highest BCUT2D eigenvalue weighted by molar-refractivity contribution is 14.1. The molecule has 0 saturated carbocycles. The molecule has 0 spiro atoms. The molecule has 19 heavy (non-hydrogen) atoms. The summed E-state index contributed by atoms with van der Waals surface area (Å²) in [6.07, 6.45) is 1.65. The molecule has 1 amide bonds. The Morgan fingerprint density at radius 1 is 1.42 bits per heavy atom. The molecule has 5 heteroatoms. The van der Waals surface area contributed by atoms with Gasteiger partial charge in [-0.05, 0) is 55.0 Å². The maximum Gasteiger partial charge on any atom is 0.253 e. The van der Waals surface area contributed by atoms with Gasteiger partial charge in [0, 0.05) is 3.57 Å². The first kappa shape index (κ1) is 14.0. The lowest BCUT2D eigenvalue weighted by Crippen LogP contribution is -2.27. The summed E-state index contributed by atoms with van der Waals surface area (Å²) in [7, 11) is 0. The van der Waals surface area contributed by atoms with Gasteiger partial charge in [0.2, 0.25) is 5.89 Å². The lowest BCUT2D eigenvalue weighted by molar-refractivity contribution is 0.0933. The van der Waals surface area contributed by atoms with E-state index in [4.69, 9.17) is 4.42 Å². The van der Waals surface area contributed by atoms with E-state index < -0.39 is 0 Å². The fourth-order valence-electron chi connectivity index (χ4n) is 1.73. The van der Waals surface area contributed by atoms with Crippen molar-refractivity contribution in [3.8, 4) is 0 Å². The Balaban J connectivity index is 2.15. The zero-order valence-corrected chi connectivity index (χ0v) is 13.2. The van der Waals surface area contributed by atoms with E-state index in [1.165, 1.54) is 0 Å². The Bertz CT molecular complexity index is 607. The third-order valence-corrected chi connectivity index (χ3v) is 4.23. The summed E-state index contributed by atoms with van der Waals surface area (Å²) < 4.78 is 6.37. The number of oxazole rings is 1. The third-order valence-electron chi connectivity index (χ3n) is 2.79. The fourth-order valence-corrected chi connectivity index (χ4v) is 2.34. The standard InChI is InChI=1S/C14H15IN2O2/c1-8-5-4-6-11(12(8)15)13(18)17-10(3)14-16-7-9(2)19-14/h4-7,10H,1-3H3,(H,17,18). The smallest absolute Gasteiger partial charge is 0.253 e. The van der Waals surface area contributed by atoms with Gasteiger partial charge in [-0.1, -0.05) is 12.1 Å². The van der Waals surface area contributed by atoms with Crippen LogP contribution in [0, 0.1) is 17.4 Å². The van der Waals surface area contributed by atoms with Gasteiger partial charge in [-0.15, -0.1) is 0 Å². The molecule has 0 fully saturated rings. The van der Waals surface area contributed by atoms with Crippen molar-refractivity contribution in [2.45, 2.75) is 26.8 Å². The Morgan fingerprint density at radius 2 is 2.16 bits per heavy atom. The van der Waals surface area contributed by atoms with Crippen molar-refractivity contribution < 1.29 is 9.21 Å². The zero-order valence-electron chi connectivity index (χ0n) is 11.0. The minimum Gasteiger partial charge on any atom is -0.444 e. The van der Waals surface area contributed by atoms with Crippen LogP contribution < -0.4 is 5.32 Å². The van der Waals surface area contributed by atoms with Crippen LogP contribution in [0.25, 0.3) is 0 Å². The molecule has 0 aliphatic heterocycles. The Kier molecular flexibility index (Phi) is 4.24. The minimum absolute atomic E-state index is 0.114. The van der Waals surface area contributed by atoms with Crippen molar-refractivity contribution in [1.82, 2.24) is 10.3 Å². The number of rotatable bonds is 3. The maximum absolute atomic E-state index is 12.2. The van der Waals surface area contributed by atoms with Gasteiger partial charge in [-0.3, -0.25) is 4.79 Å². The summed E-state index contributed by atoms with van der Waals surface area (Å²) in [5.74, 6) is 1.14. The van der Waals surface area contributed by atoms with Gasteiger partial charge < -0.3 is 9.73 Å². The molecule has 2 aromatic rings. The van der Waals surface area contributed by atoms with E-state index in [0.29, 0.717) is 11.5 Å². The highest BCUT2D eigenvalue weighted by atomic mass is 127. The van der Waals surface area contributed by atoms with Gasteiger partial charge in [0.1, 0.15) is 11.8 Å². The molecule has 100 valence electrons. The molecule has 1 heterocycles. The Hall–Kier alpha value is -1.37. The van der Waals surface area contributed by atoms with Gasteiger partial charge in [0.15, 0.2) is 0 Å². The van der Waals surface area contributed by atoms with Crippen molar-refractivity contribution in [3.63, 3.8) is 0 Å². The first-order valence-electron chi connectivity index (χ1n) is 5.97. The number of carbonyl (C=O) groups excluding carboxylic acids is 1. The Labute approximate surface area is 125 Å². The number of carbonyl (C=O) groups is 1. The van der Waals surface area contributed by atoms with Crippen molar-refractivity contribution in [1.29, 1.82) is 0 Å². The number of hydrogen-bond acceptors (Lipinski definition) is 3. The monoisotopic (exact) mass is 370 g/mol. The largest absolute Gasteiger partial charge is 0.444 e. The number of benzene rings is 1. The highest BCUT2D eigenvalue weighted by Crippen LogP contribution is 2.18. The van der Waals surface area contributed by atoms with Crippen molar-refractivity contribution in [2.75, 3.05) is 0 Å². The fraction of sp³-hybridized carbons (Fsp3) is 0.286. The number of hydrogen-bond donors (Lipinski definition) is 1. The molecule has 1 aromatic carbocycles. The van der Waals surface area contributed by atoms with Crippen LogP contribution in [0.1, 0.15) is 40.5 Å². The van der Waals surface area contributed by atoms with Crippen molar-refractivity contribution >= 4 is 28.5 Å². The molecule has 1 aromatic heterocycles. The highest BCUT2D eigenvalue weighted by Gasteiger charge is 2.17. The normalized spacial score (nSPS) is 12.2. The number of nitrogens with one attached hydrogen (secondary N) is 1. The molecule has 1 atom stereocenters. The average molecular weight is 370 g/mol. The van der Waals surface area contributed by atoms with E-state index in [1.54, 1.807) is 6.20 Å². The number of halogens is 1. The molecule has 1 N–H and O–H groups in total. The maximum atomic E-state index is 12.2. The van der Waals surface area contributed by atoms with Gasteiger partial charge in [-0.25, -0.2) is 4.98 Å². The topological polar surface area (TPSA) is 55.1 Å². The summed E-state index contributed by atoms with van der Waals surface area (Å²) in [6.45, 7) is 5.67. The van der Waals surface area contributed by atoms with Crippen LogP contribution in [-0.4, -0.2) is 10.9 Å². The molecule has 0 radical (unpaired) electrons. The molecular formula is C14H15IN2O2. The van der Waals surface area contributed by atoms with E-state index in [-0.39, 0.29) is 11.9 Å². The van der Waals surface area contributed by atoms with E-state index in [9.17, 15) is 4.79 Å². The molecule has 0 bridgehead atoms. The van der Waals surface area contributed by atoms with Crippen LogP contribution in [0.5, 0.6) is 0 Å². The zero-order chi connectivity index (χ0) is 14.0. The molecule has 2 rings (SSSR count). The molecule has 4 nitrogen and oxygen atoms in total. The van der Waals surface area contributed by atoms with E-state index >= 15 is 0 Å². The molecule has 0 aliphatic rings. The number of aromatic nitrogens is 1. The second kappa shape index (κ2) is 5.73. The second-order valence-corrected chi connectivity index (χ2v) is 5.52. The minimum atomic E-state index is -0.252. The van der Waals surface area contributed by atoms with Gasteiger partial charge in [-0.2, -0.15) is 0 Å². The van der Waals surface area contributed by atoms with E-state index in [2.05, 4.69) is 32.9 Å². The number of amides is 1. The predicted molar refractivity (Wildman–Crippen MR) is 81.0 cm³/mol. The van der Waals surface area contributed by atoms with Gasteiger partial charge in [0.25, 0.3) is 5.91 Å². The van der Waals surface area contributed by atoms with Crippen LogP contribution in [-0.2, 0) is 0 Å². The van der Waals surface area contributed by atoms with Crippen LogP contribution >= 0.6 is 22.6 Å². The Morgan fingerprint density at radius 3 is 2.79 bits per heavy atom. The summed E-state index contributed by atoms with van der Waals surface area (Å²) in [4.78, 5) is 16.3. The van der Waals surface area contributed by atoms with E-state index in [1.807, 2.05) is 39.0 Å². The van der Waals surface area contributed by atoms with Crippen LogP contribution in [0.15, 0.2) is 28.8 Å². The van der Waals surface area contributed by atoms with Crippen LogP contribution in [0.2, 0.25) is 0 Å². The summed E-state index contributed by atoms with van der Waals surface area (Å²) in [5, 5.41) is 2.89. The first-order valence-corrected chi connectivity index (χ1v) is 7.05. The molecular weight excluding hydrogens is 355 g/mol. The first-order chi connectivity index (χ1) is 8.99. The predicted octanol–water partition coefficient (Wildman–Crippen LogP) is 3.39. The van der Waals surface area contributed by atoms with Crippen molar-refractivity contribution in [3.05, 3.63) is 50.7 Å². The summed E-state index contributed by atoms with van der Waals surface area (Å²) in [6, 6.07) is 5.43. The molecule has 1 unspecified atom stereocenters. The molecule has 0 saturated heterocycles. The second-order valence-electron chi connectivity index (χ2n) is 4.44. The number of nitrogens with zero attached hydrogens (tertiary/aromatic N) is 1. The van der Waals surface area contributed by atoms with Crippen LogP contribution in [0.3, 0.4) is 0 Å². The quantitative estimate of drug-likeness (QED) is 0.843. The molecule has 0 aliphatic carbocycles. The van der Waals surface area contributed by atoms with Gasteiger partial charge in [0.05, 0.1) is 11.8 Å². The third kappa shape index (κ3) is 3.15. The average Bonchev–Trinajstić information content (AvgIpc) is 2.79. The lowest BCUT2D eigenvalue weighted by atomic mass is 10.1. The summed E-state index contributed by atoms with van der Waals surface area (Å²) in [5.41, 5.74) is 1.77. The summed E-state index contributed by atoms with van der Waals surface area (Å²) >= 11 is 2.19.